The molecule has 0 spiro atoms. The van der Waals surface area contributed by atoms with Gasteiger partial charge in [0, 0.05) is 24.3 Å². The fourth-order valence-corrected chi connectivity index (χ4v) is 1.81. The summed E-state index contributed by atoms with van der Waals surface area (Å²) in [5, 5.41) is 0. The fourth-order valence-electron chi connectivity index (χ4n) is 1.47. The summed E-state index contributed by atoms with van der Waals surface area (Å²) in [5.74, 6) is 0.810. The minimum Gasteiger partial charge on any atom is -0.356 e. The van der Waals surface area contributed by atoms with Crippen LogP contribution in [0.15, 0.2) is 16.7 Å². The summed E-state index contributed by atoms with van der Waals surface area (Å²) in [5.41, 5.74) is 0.653. The summed E-state index contributed by atoms with van der Waals surface area (Å²) in [4.78, 5) is 16.5. The molecule has 4 heteroatoms. The number of nitrogens with zero attached hydrogens (tertiary/aromatic N) is 1. The van der Waals surface area contributed by atoms with Crippen LogP contribution >= 0.6 is 15.9 Å². The molecular weight excluding hydrogens is 244 g/mol. The Morgan fingerprint density at radius 1 is 1.71 bits per heavy atom. The number of aromatic amines is 1. The van der Waals surface area contributed by atoms with E-state index in [0.717, 1.165) is 16.9 Å². The normalized spacial score (nSPS) is 15.6. The fraction of sp³-hybridized carbons (Fsp3) is 0.500. The molecule has 1 aliphatic carbocycles. The highest BCUT2D eigenvalue weighted by atomic mass is 79.9. The Kier molecular flexibility index (Phi) is 2.63. The van der Waals surface area contributed by atoms with E-state index in [2.05, 4.69) is 20.9 Å². The number of halogens is 1. The van der Waals surface area contributed by atoms with Crippen LogP contribution in [0.5, 0.6) is 0 Å². The first-order chi connectivity index (χ1) is 6.66. The van der Waals surface area contributed by atoms with Crippen molar-refractivity contribution in [2.75, 3.05) is 13.6 Å². The first-order valence-electron chi connectivity index (χ1n) is 4.76. The molecule has 1 fully saturated rings. The standard InChI is InChI=1S/C10H13BrN2O/c1-13(6-7-2-3-7)10(14)9-4-8(11)5-12-9/h4-5,7,12H,2-3,6H2,1H3. The maximum absolute atomic E-state index is 11.8. The largest absolute Gasteiger partial charge is 0.356 e. The molecule has 0 radical (unpaired) electrons. The smallest absolute Gasteiger partial charge is 0.270 e. The second-order valence-corrected chi connectivity index (χ2v) is 4.78. The quantitative estimate of drug-likeness (QED) is 0.885. The maximum atomic E-state index is 11.8. The Morgan fingerprint density at radius 2 is 2.43 bits per heavy atom. The number of hydrogen-bond acceptors (Lipinski definition) is 1. The molecule has 1 amide bonds. The van der Waals surface area contributed by atoms with Gasteiger partial charge in [0.1, 0.15) is 5.69 Å². The molecule has 1 heterocycles. The topological polar surface area (TPSA) is 36.1 Å². The van der Waals surface area contributed by atoms with Crippen molar-refractivity contribution < 1.29 is 4.79 Å². The first-order valence-corrected chi connectivity index (χ1v) is 5.55. The third-order valence-corrected chi connectivity index (χ3v) is 2.91. The number of carbonyl (C=O) groups is 1. The number of H-pyrrole nitrogens is 1. The number of rotatable bonds is 3. The molecule has 0 saturated heterocycles. The molecule has 0 bridgehead atoms. The van der Waals surface area contributed by atoms with Gasteiger partial charge >= 0.3 is 0 Å². The van der Waals surface area contributed by atoms with Gasteiger partial charge in [-0.25, -0.2) is 0 Å². The monoisotopic (exact) mass is 256 g/mol. The summed E-state index contributed by atoms with van der Waals surface area (Å²) in [6.45, 7) is 0.884. The van der Waals surface area contributed by atoms with Gasteiger partial charge in [-0.15, -0.1) is 0 Å². The lowest BCUT2D eigenvalue weighted by molar-refractivity contribution is 0.0783. The summed E-state index contributed by atoms with van der Waals surface area (Å²) in [6, 6.07) is 1.81. The van der Waals surface area contributed by atoms with Gasteiger partial charge in [0.05, 0.1) is 0 Å². The summed E-state index contributed by atoms with van der Waals surface area (Å²) >= 11 is 3.31. The molecule has 0 aliphatic heterocycles. The van der Waals surface area contributed by atoms with Crippen molar-refractivity contribution in [1.29, 1.82) is 0 Å². The molecule has 1 N–H and O–H groups in total. The summed E-state index contributed by atoms with van der Waals surface area (Å²) in [7, 11) is 1.86. The second kappa shape index (κ2) is 3.77. The molecule has 0 atom stereocenters. The van der Waals surface area contributed by atoms with Crippen molar-refractivity contribution in [1.82, 2.24) is 9.88 Å². The Bertz CT molecular complexity index is 344. The van der Waals surface area contributed by atoms with E-state index in [1.807, 2.05) is 13.1 Å². The molecule has 0 unspecified atom stereocenters. The lowest BCUT2D eigenvalue weighted by Gasteiger charge is -2.15. The molecule has 76 valence electrons. The van der Waals surface area contributed by atoms with Gasteiger partial charge in [-0.2, -0.15) is 0 Å². The lowest BCUT2D eigenvalue weighted by Crippen LogP contribution is -2.28. The predicted molar refractivity (Wildman–Crippen MR) is 58.2 cm³/mol. The molecular formula is C10H13BrN2O. The third-order valence-electron chi connectivity index (χ3n) is 2.45. The molecule has 14 heavy (non-hydrogen) atoms. The Hall–Kier alpha value is -0.770. The molecule has 0 aromatic carbocycles. The van der Waals surface area contributed by atoms with E-state index >= 15 is 0 Å². The van der Waals surface area contributed by atoms with Crippen LogP contribution in [0.1, 0.15) is 23.3 Å². The van der Waals surface area contributed by atoms with Gasteiger partial charge < -0.3 is 9.88 Å². The summed E-state index contributed by atoms with van der Waals surface area (Å²) in [6.07, 6.45) is 4.32. The van der Waals surface area contributed by atoms with E-state index in [0.29, 0.717) is 5.69 Å². The number of aromatic nitrogens is 1. The first kappa shape index (κ1) is 9.77. The van der Waals surface area contributed by atoms with Crippen molar-refractivity contribution in [2.24, 2.45) is 5.92 Å². The van der Waals surface area contributed by atoms with Crippen LogP contribution in [0.2, 0.25) is 0 Å². The average Bonchev–Trinajstić information content (AvgIpc) is 2.85. The molecule has 1 saturated carbocycles. The lowest BCUT2D eigenvalue weighted by atomic mass is 10.3. The molecule has 1 aromatic heterocycles. The van der Waals surface area contributed by atoms with Gasteiger partial charge in [-0.05, 0) is 40.8 Å². The molecule has 1 aliphatic rings. The van der Waals surface area contributed by atoms with Crippen molar-refractivity contribution in [3.63, 3.8) is 0 Å². The van der Waals surface area contributed by atoms with Crippen molar-refractivity contribution in [3.05, 3.63) is 22.4 Å². The number of amides is 1. The zero-order valence-electron chi connectivity index (χ0n) is 8.09. The van der Waals surface area contributed by atoms with Crippen LogP contribution in [0, 0.1) is 5.92 Å². The maximum Gasteiger partial charge on any atom is 0.270 e. The minimum absolute atomic E-state index is 0.0719. The van der Waals surface area contributed by atoms with Crippen molar-refractivity contribution in [3.8, 4) is 0 Å². The molecule has 2 rings (SSSR count). The van der Waals surface area contributed by atoms with E-state index in [1.54, 1.807) is 11.1 Å². The zero-order chi connectivity index (χ0) is 10.1. The van der Waals surface area contributed by atoms with Gasteiger partial charge in [0.25, 0.3) is 5.91 Å². The highest BCUT2D eigenvalue weighted by molar-refractivity contribution is 9.10. The van der Waals surface area contributed by atoms with Gasteiger partial charge in [-0.1, -0.05) is 0 Å². The number of hydrogen-bond donors (Lipinski definition) is 1. The van der Waals surface area contributed by atoms with Crippen LogP contribution in [-0.2, 0) is 0 Å². The van der Waals surface area contributed by atoms with Gasteiger partial charge in [0.2, 0.25) is 0 Å². The Balaban J connectivity index is 1.99. The van der Waals surface area contributed by atoms with Crippen LogP contribution < -0.4 is 0 Å². The van der Waals surface area contributed by atoms with Crippen LogP contribution in [0.3, 0.4) is 0 Å². The zero-order valence-corrected chi connectivity index (χ0v) is 9.67. The highest BCUT2D eigenvalue weighted by Gasteiger charge is 2.25. The van der Waals surface area contributed by atoms with Crippen LogP contribution in [-0.4, -0.2) is 29.4 Å². The Labute approximate surface area is 91.6 Å². The van der Waals surface area contributed by atoms with E-state index in [1.165, 1.54) is 12.8 Å². The Morgan fingerprint density at radius 3 is 2.93 bits per heavy atom. The molecule has 3 nitrogen and oxygen atoms in total. The van der Waals surface area contributed by atoms with E-state index in [4.69, 9.17) is 0 Å². The SMILES string of the molecule is CN(CC1CC1)C(=O)c1cc(Br)c[nH]1. The highest BCUT2D eigenvalue weighted by Crippen LogP contribution is 2.29. The van der Waals surface area contributed by atoms with E-state index in [-0.39, 0.29) is 5.91 Å². The van der Waals surface area contributed by atoms with E-state index in [9.17, 15) is 4.79 Å². The van der Waals surface area contributed by atoms with Gasteiger partial charge in [-0.3, -0.25) is 4.79 Å². The average molecular weight is 257 g/mol. The van der Waals surface area contributed by atoms with Gasteiger partial charge in [0.15, 0.2) is 0 Å². The minimum atomic E-state index is 0.0719. The second-order valence-electron chi connectivity index (χ2n) is 3.86. The van der Waals surface area contributed by atoms with Crippen molar-refractivity contribution in [2.45, 2.75) is 12.8 Å². The van der Waals surface area contributed by atoms with E-state index < -0.39 is 0 Å². The number of carbonyl (C=O) groups excluding carboxylic acids is 1. The molecule has 1 aromatic rings. The summed E-state index contributed by atoms with van der Waals surface area (Å²) < 4.78 is 0.917. The van der Waals surface area contributed by atoms with Crippen LogP contribution in [0.25, 0.3) is 0 Å². The number of nitrogens with one attached hydrogen (secondary N) is 1. The predicted octanol–water partition coefficient (Wildman–Crippen LogP) is 2.26. The van der Waals surface area contributed by atoms with Crippen molar-refractivity contribution >= 4 is 21.8 Å². The third kappa shape index (κ3) is 2.18. The van der Waals surface area contributed by atoms with Crippen LogP contribution in [0.4, 0.5) is 0 Å².